The SMILES string of the molecule is O=C1C2(Cl)C3(Cl)C4(Cl)C(Cl)C5(Cl)C3(Cl)C1(Cl)C5(Cl)C24Cl. The van der Waals surface area contributed by atoms with E-state index in [2.05, 4.69) is 0 Å². The van der Waals surface area contributed by atoms with Crippen LogP contribution in [0.4, 0.5) is 0 Å². The van der Waals surface area contributed by atoms with Crippen molar-refractivity contribution in [2.24, 2.45) is 0 Å². The molecule has 20 heavy (non-hydrogen) atoms. The average molecular weight is 456 g/mol. The lowest BCUT2D eigenvalue weighted by Crippen LogP contribution is -3.03. The van der Waals surface area contributed by atoms with E-state index < -0.39 is 50.2 Å². The van der Waals surface area contributed by atoms with Gasteiger partial charge < -0.3 is 0 Å². The largest absolute Gasteiger partial charge is 0.295 e. The molecule has 0 aromatic heterocycles. The summed E-state index contributed by atoms with van der Waals surface area (Å²) in [5, 5.41) is -0.977. The highest BCUT2D eigenvalue weighted by Crippen LogP contribution is 3.07. The average Bonchev–Trinajstić information content (AvgIpc) is 2.66. The number of hydrogen-bond acceptors (Lipinski definition) is 1. The third-order valence-electron chi connectivity index (χ3n) is 6.18. The van der Waals surface area contributed by atoms with Crippen LogP contribution >= 0.6 is 104 Å². The molecule has 6 aliphatic carbocycles. The number of ketones is 1. The van der Waals surface area contributed by atoms with E-state index in [1.807, 2.05) is 0 Å². The van der Waals surface area contributed by atoms with Crippen LogP contribution in [0.5, 0.6) is 0 Å². The molecule has 0 aromatic rings. The van der Waals surface area contributed by atoms with Gasteiger partial charge in [0.2, 0.25) is 0 Å². The topological polar surface area (TPSA) is 17.1 Å². The Balaban J connectivity index is 2.07. The van der Waals surface area contributed by atoms with Gasteiger partial charge in [0.05, 0.1) is 5.38 Å². The lowest BCUT2D eigenvalue weighted by atomic mass is 9.41. The van der Waals surface area contributed by atoms with Gasteiger partial charge in [-0.15, -0.1) is 104 Å². The number of Topliss-reactive ketones (excluding diaryl/α,β-unsaturated/α-hetero) is 1. The van der Waals surface area contributed by atoms with Crippen LogP contribution < -0.4 is 0 Å². The van der Waals surface area contributed by atoms with Crippen molar-refractivity contribution in [1.29, 1.82) is 0 Å². The minimum Gasteiger partial charge on any atom is -0.295 e. The van der Waals surface area contributed by atoms with E-state index in [1.54, 1.807) is 0 Å². The van der Waals surface area contributed by atoms with Crippen LogP contribution in [-0.2, 0) is 4.79 Å². The predicted octanol–water partition coefficient (Wildman–Crippen LogP) is 4.05. The number of rotatable bonds is 0. The highest BCUT2D eigenvalue weighted by Gasteiger charge is 3.28. The fourth-order valence-electron chi connectivity index (χ4n) is 5.61. The molecule has 6 saturated carbocycles. The summed E-state index contributed by atoms with van der Waals surface area (Å²) in [6, 6.07) is 0. The Labute approximate surface area is 158 Å². The van der Waals surface area contributed by atoms with Gasteiger partial charge in [-0.2, -0.15) is 0 Å². The third-order valence-corrected chi connectivity index (χ3v) is 14.5. The van der Waals surface area contributed by atoms with E-state index in [9.17, 15) is 4.79 Å². The summed E-state index contributed by atoms with van der Waals surface area (Å²) in [5.74, 6) is -0.626. The van der Waals surface area contributed by atoms with Crippen LogP contribution in [0, 0.1) is 0 Å². The summed E-state index contributed by atoms with van der Waals surface area (Å²) in [5.41, 5.74) is 0. The monoisotopic (exact) mass is 452 g/mol. The Bertz CT molecular complexity index is 592. The molecular formula is C10HCl9O. The molecule has 4 unspecified atom stereocenters. The van der Waals surface area contributed by atoms with Gasteiger partial charge >= 0.3 is 0 Å². The van der Waals surface area contributed by atoms with Crippen molar-refractivity contribution < 1.29 is 4.79 Å². The normalized spacial score (nSPS) is 85.5. The fraction of sp³-hybridized carbons (Fsp3) is 0.900. The first-order valence-corrected chi connectivity index (χ1v) is 8.97. The molecule has 0 amide bonds. The molecule has 6 aliphatic rings. The van der Waals surface area contributed by atoms with Crippen molar-refractivity contribution in [3.63, 3.8) is 0 Å². The maximum atomic E-state index is 12.7. The first-order valence-electron chi connectivity index (χ1n) is 5.51. The molecule has 10 heteroatoms. The van der Waals surface area contributed by atoms with E-state index in [-0.39, 0.29) is 0 Å². The molecule has 0 aliphatic heterocycles. The van der Waals surface area contributed by atoms with Gasteiger partial charge in [0, 0.05) is 0 Å². The molecule has 0 saturated heterocycles. The standard InChI is InChI=1S/C10HCl9O/c11-1-3(12)7(16)5(14)2(20)6(15)9(7,18)4(1,13)10(6,19)8(3,5)17/h1H. The molecule has 0 N–H and O–H groups in total. The second-order valence-electron chi connectivity index (χ2n) is 6.07. The minimum absolute atomic E-state index is 0.626. The Kier molecular flexibility index (Phi) is 2.02. The van der Waals surface area contributed by atoms with Crippen molar-refractivity contribution >= 4 is 110 Å². The molecule has 6 rings (SSSR count). The second kappa shape index (κ2) is 2.76. The summed E-state index contributed by atoms with van der Waals surface area (Å²) < 4.78 is 0. The van der Waals surface area contributed by atoms with Crippen LogP contribution in [0.3, 0.4) is 0 Å². The van der Waals surface area contributed by atoms with Crippen molar-refractivity contribution in [2.45, 2.75) is 44.4 Å². The molecule has 1 nitrogen and oxygen atoms in total. The van der Waals surface area contributed by atoms with Crippen LogP contribution in [0.1, 0.15) is 0 Å². The van der Waals surface area contributed by atoms with Gasteiger partial charge in [-0.1, -0.05) is 0 Å². The van der Waals surface area contributed by atoms with Gasteiger partial charge in [-0.25, -0.2) is 0 Å². The van der Waals surface area contributed by atoms with Crippen molar-refractivity contribution in [3.8, 4) is 0 Å². The number of hydrogen-bond donors (Lipinski definition) is 0. The highest BCUT2D eigenvalue weighted by atomic mass is 35.5. The molecule has 0 heterocycles. The van der Waals surface area contributed by atoms with Gasteiger partial charge in [-0.3, -0.25) is 4.79 Å². The Morgan fingerprint density at radius 1 is 0.650 bits per heavy atom. The zero-order valence-electron chi connectivity index (χ0n) is 8.89. The van der Waals surface area contributed by atoms with Crippen LogP contribution in [0.15, 0.2) is 0 Å². The van der Waals surface area contributed by atoms with Crippen molar-refractivity contribution in [2.75, 3.05) is 0 Å². The molecule has 110 valence electrons. The zero-order chi connectivity index (χ0) is 15.2. The first-order chi connectivity index (χ1) is 8.81. The van der Waals surface area contributed by atoms with Crippen LogP contribution in [0.25, 0.3) is 0 Å². The molecule has 6 fully saturated rings. The van der Waals surface area contributed by atoms with Crippen LogP contribution in [-0.4, -0.2) is 50.2 Å². The number of halogens is 9. The lowest BCUT2D eigenvalue weighted by molar-refractivity contribution is -0.122. The quantitative estimate of drug-likeness (QED) is 0.503. The van der Waals surface area contributed by atoms with Crippen molar-refractivity contribution in [3.05, 3.63) is 0 Å². The fourth-order valence-corrected chi connectivity index (χ4v) is 13.4. The number of alkyl halides is 9. The summed E-state index contributed by atoms with van der Waals surface area (Å²) in [6.07, 6.45) is 0. The van der Waals surface area contributed by atoms with E-state index in [0.29, 0.717) is 0 Å². The molecule has 0 spiro atoms. The second-order valence-corrected chi connectivity index (χ2v) is 11.1. The Hall–Kier alpha value is 2.28. The zero-order valence-corrected chi connectivity index (χ0v) is 15.7. The number of carbonyl (C=O) groups excluding carboxylic acids is 1. The van der Waals surface area contributed by atoms with E-state index in [1.165, 1.54) is 0 Å². The third kappa shape index (κ3) is 0.558. The molecular weight excluding hydrogens is 455 g/mol. The maximum Gasteiger partial charge on any atom is 0.182 e. The van der Waals surface area contributed by atoms with Gasteiger partial charge in [-0.05, 0) is 0 Å². The minimum atomic E-state index is -1.79. The Morgan fingerprint density at radius 3 is 1.15 bits per heavy atom. The molecule has 4 bridgehead atoms. The summed E-state index contributed by atoms with van der Waals surface area (Å²) in [7, 11) is 0. The summed E-state index contributed by atoms with van der Waals surface area (Å²) >= 11 is 59.2. The summed E-state index contributed by atoms with van der Waals surface area (Å²) in [4.78, 5) is -0.584. The first kappa shape index (κ1) is 14.6. The number of carbonyl (C=O) groups is 1. The van der Waals surface area contributed by atoms with Gasteiger partial charge in [0.25, 0.3) is 0 Å². The predicted molar refractivity (Wildman–Crippen MR) is 83.3 cm³/mol. The van der Waals surface area contributed by atoms with Gasteiger partial charge in [0.15, 0.2) is 15.5 Å². The smallest absolute Gasteiger partial charge is 0.182 e. The van der Waals surface area contributed by atoms with Crippen molar-refractivity contribution in [1.82, 2.24) is 0 Å². The highest BCUT2D eigenvalue weighted by molar-refractivity contribution is 6.80. The molecule has 4 atom stereocenters. The Morgan fingerprint density at radius 2 is 0.900 bits per heavy atom. The maximum absolute atomic E-state index is 12.7. The van der Waals surface area contributed by atoms with E-state index in [0.717, 1.165) is 0 Å². The van der Waals surface area contributed by atoms with E-state index >= 15 is 0 Å². The molecule has 0 radical (unpaired) electrons. The molecule has 0 aromatic carbocycles. The van der Waals surface area contributed by atoms with Crippen LogP contribution in [0.2, 0.25) is 0 Å². The lowest BCUT2D eigenvalue weighted by Gasteiger charge is -2.81. The van der Waals surface area contributed by atoms with E-state index in [4.69, 9.17) is 104 Å². The van der Waals surface area contributed by atoms with Gasteiger partial charge in [0.1, 0.15) is 29.2 Å². The summed E-state index contributed by atoms with van der Waals surface area (Å²) in [6.45, 7) is 0.